The zero-order chi connectivity index (χ0) is 10.3. The second kappa shape index (κ2) is 6.10. The molecule has 0 aliphatic carbocycles. The van der Waals surface area contributed by atoms with Crippen molar-refractivity contribution in [3.8, 4) is 0 Å². The third-order valence-corrected chi connectivity index (χ3v) is 1.63. The van der Waals surface area contributed by atoms with E-state index in [4.69, 9.17) is 9.47 Å². The molecule has 0 spiro atoms. The van der Waals surface area contributed by atoms with Crippen molar-refractivity contribution in [2.24, 2.45) is 0 Å². The molecular weight excluding hydrogens is 190 g/mol. The number of hydrogen-bond donors (Lipinski definition) is 1. The summed E-state index contributed by atoms with van der Waals surface area (Å²) in [7, 11) is 1.62. The van der Waals surface area contributed by atoms with Crippen LogP contribution in [0.3, 0.4) is 0 Å². The van der Waals surface area contributed by atoms with Crippen LogP contribution in [-0.2, 0) is 9.47 Å². The van der Waals surface area contributed by atoms with Gasteiger partial charge in [-0.05, 0) is 32.7 Å². The first-order valence-corrected chi connectivity index (χ1v) is 5.04. The van der Waals surface area contributed by atoms with Crippen molar-refractivity contribution in [1.82, 2.24) is 4.72 Å². The van der Waals surface area contributed by atoms with E-state index >= 15 is 0 Å². The molecule has 0 aliphatic rings. The fourth-order valence-corrected chi connectivity index (χ4v) is 1.05. The summed E-state index contributed by atoms with van der Waals surface area (Å²) >= 11 is 1.28. The number of methoxy groups -OCH3 is 1. The highest BCUT2D eigenvalue weighted by Crippen LogP contribution is 2.07. The molecule has 0 aromatic carbocycles. The van der Waals surface area contributed by atoms with Crippen LogP contribution < -0.4 is 4.72 Å². The lowest BCUT2D eigenvalue weighted by Crippen LogP contribution is -2.29. The largest absolute Gasteiger partial charge is 0.443 e. The van der Waals surface area contributed by atoms with Gasteiger partial charge in [-0.1, -0.05) is 0 Å². The number of nitrogens with one attached hydrogen (secondary N) is 1. The first-order chi connectivity index (χ1) is 5.95. The van der Waals surface area contributed by atoms with Crippen LogP contribution in [0, 0.1) is 0 Å². The zero-order valence-electron chi connectivity index (χ0n) is 8.55. The molecule has 0 saturated carbocycles. The zero-order valence-corrected chi connectivity index (χ0v) is 9.36. The Morgan fingerprint density at radius 2 is 2.08 bits per heavy atom. The van der Waals surface area contributed by atoms with Crippen LogP contribution in [-0.4, -0.2) is 31.2 Å². The van der Waals surface area contributed by atoms with Gasteiger partial charge in [0.15, 0.2) is 0 Å². The maximum absolute atomic E-state index is 11.0. The molecule has 0 bridgehead atoms. The minimum Gasteiger partial charge on any atom is -0.443 e. The maximum Gasteiger partial charge on any atom is 0.417 e. The topological polar surface area (TPSA) is 47.6 Å². The fraction of sp³-hybridized carbons (Fsp3) is 0.875. The van der Waals surface area contributed by atoms with Gasteiger partial charge < -0.3 is 9.47 Å². The van der Waals surface area contributed by atoms with E-state index in [0.29, 0.717) is 6.61 Å². The molecule has 0 saturated heterocycles. The second-order valence-corrected chi connectivity index (χ2v) is 4.35. The van der Waals surface area contributed by atoms with Crippen molar-refractivity contribution in [3.63, 3.8) is 0 Å². The van der Waals surface area contributed by atoms with E-state index in [0.717, 1.165) is 5.75 Å². The number of amides is 1. The number of hydrogen-bond acceptors (Lipinski definition) is 4. The van der Waals surface area contributed by atoms with Crippen molar-refractivity contribution in [1.29, 1.82) is 0 Å². The Labute approximate surface area is 83.5 Å². The van der Waals surface area contributed by atoms with Crippen molar-refractivity contribution in [2.45, 2.75) is 26.4 Å². The van der Waals surface area contributed by atoms with E-state index in [1.165, 1.54) is 11.9 Å². The summed E-state index contributed by atoms with van der Waals surface area (Å²) < 4.78 is 12.4. The molecule has 0 aromatic heterocycles. The van der Waals surface area contributed by atoms with Gasteiger partial charge in [-0.3, -0.25) is 4.72 Å². The monoisotopic (exact) mass is 207 g/mol. The van der Waals surface area contributed by atoms with Gasteiger partial charge in [-0.25, -0.2) is 4.79 Å². The highest BCUT2D eigenvalue weighted by atomic mass is 32.2. The van der Waals surface area contributed by atoms with Crippen LogP contribution in [0.2, 0.25) is 0 Å². The van der Waals surface area contributed by atoms with E-state index in [2.05, 4.69) is 4.72 Å². The number of carbonyl (C=O) groups is 1. The molecule has 4 nitrogen and oxygen atoms in total. The molecule has 0 radical (unpaired) electrons. The molecular formula is C8H17NO3S. The Kier molecular flexibility index (Phi) is 5.90. The lowest BCUT2D eigenvalue weighted by atomic mass is 10.2. The average Bonchev–Trinajstić information content (AvgIpc) is 1.94. The van der Waals surface area contributed by atoms with E-state index in [9.17, 15) is 4.79 Å². The van der Waals surface area contributed by atoms with Crippen molar-refractivity contribution < 1.29 is 14.3 Å². The minimum atomic E-state index is -0.439. The Balaban J connectivity index is 3.41. The van der Waals surface area contributed by atoms with Crippen LogP contribution in [0.4, 0.5) is 4.79 Å². The molecule has 0 aromatic rings. The lowest BCUT2D eigenvalue weighted by Gasteiger charge is -2.19. The summed E-state index contributed by atoms with van der Waals surface area (Å²) in [5.74, 6) is 0.718. The van der Waals surface area contributed by atoms with E-state index in [1.54, 1.807) is 7.11 Å². The lowest BCUT2D eigenvalue weighted by molar-refractivity contribution is 0.0574. The van der Waals surface area contributed by atoms with Gasteiger partial charge >= 0.3 is 6.09 Å². The molecule has 0 rings (SSSR count). The quantitative estimate of drug-likeness (QED) is 0.564. The fourth-order valence-electron chi connectivity index (χ4n) is 0.534. The van der Waals surface area contributed by atoms with Gasteiger partial charge in [-0.15, -0.1) is 0 Å². The average molecular weight is 207 g/mol. The van der Waals surface area contributed by atoms with Crippen LogP contribution in [0.25, 0.3) is 0 Å². The van der Waals surface area contributed by atoms with Gasteiger partial charge in [0.1, 0.15) is 5.60 Å². The van der Waals surface area contributed by atoms with E-state index in [1.807, 2.05) is 20.8 Å². The molecule has 0 aliphatic heterocycles. The Hall–Kier alpha value is -0.420. The third kappa shape index (κ3) is 9.49. The smallest absolute Gasteiger partial charge is 0.417 e. The maximum atomic E-state index is 11.0. The van der Waals surface area contributed by atoms with Crippen LogP contribution in [0.1, 0.15) is 20.8 Å². The van der Waals surface area contributed by atoms with Gasteiger partial charge in [0.05, 0.1) is 6.61 Å². The third-order valence-electron chi connectivity index (χ3n) is 0.944. The van der Waals surface area contributed by atoms with Crippen LogP contribution in [0.15, 0.2) is 0 Å². The van der Waals surface area contributed by atoms with E-state index in [-0.39, 0.29) is 0 Å². The van der Waals surface area contributed by atoms with Gasteiger partial charge in [0.2, 0.25) is 0 Å². The molecule has 5 heteroatoms. The van der Waals surface area contributed by atoms with Gasteiger partial charge in [0.25, 0.3) is 0 Å². The standard InChI is InChI=1S/C8H17NO3S/c1-8(2,3)12-7(10)9-13-6-5-11-4/h5-6H2,1-4H3,(H,9,10). The molecule has 0 fully saturated rings. The predicted octanol–water partition coefficient (Wildman–Crippen LogP) is 1.81. The van der Waals surface area contributed by atoms with Crippen molar-refractivity contribution in [2.75, 3.05) is 19.5 Å². The number of ether oxygens (including phenoxy) is 2. The summed E-state index contributed by atoms with van der Waals surface area (Å²) in [5, 5.41) is 0. The number of carbonyl (C=O) groups excluding carboxylic acids is 1. The summed E-state index contributed by atoms with van der Waals surface area (Å²) in [6.07, 6.45) is -0.409. The molecule has 0 unspecified atom stereocenters. The predicted molar refractivity (Wildman–Crippen MR) is 53.7 cm³/mol. The second-order valence-electron chi connectivity index (χ2n) is 3.45. The Bertz CT molecular complexity index is 156. The summed E-state index contributed by atoms with van der Waals surface area (Å²) in [5.41, 5.74) is -0.439. The normalized spacial score (nSPS) is 11.1. The number of rotatable bonds is 4. The Morgan fingerprint density at radius 3 is 2.54 bits per heavy atom. The minimum absolute atomic E-state index is 0.409. The molecule has 0 atom stereocenters. The van der Waals surface area contributed by atoms with E-state index < -0.39 is 11.7 Å². The van der Waals surface area contributed by atoms with Crippen molar-refractivity contribution in [3.05, 3.63) is 0 Å². The molecule has 13 heavy (non-hydrogen) atoms. The molecule has 1 N–H and O–H groups in total. The Morgan fingerprint density at radius 1 is 1.46 bits per heavy atom. The first-order valence-electron chi connectivity index (χ1n) is 4.05. The summed E-state index contributed by atoms with van der Waals surface area (Å²) in [4.78, 5) is 11.0. The van der Waals surface area contributed by atoms with Crippen LogP contribution >= 0.6 is 11.9 Å². The van der Waals surface area contributed by atoms with Crippen molar-refractivity contribution >= 4 is 18.0 Å². The van der Waals surface area contributed by atoms with Crippen LogP contribution in [0.5, 0.6) is 0 Å². The van der Waals surface area contributed by atoms with Gasteiger partial charge in [-0.2, -0.15) is 0 Å². The SMILES string of the molecule is COCCSNC(=O)OC(C)(C)C. The first kappa shape index (κ1) is 12.6. The summed E-state index contributed by atoms with van der Waals surface area (Å²) in [6.45, 7) is 6.09. The molecule has 78 valence electrons. The molecule has 1 amide bonds. The molecule has 0 heterocycles. The highest BCUT2D eigenvalue weighted by molar-refractivity contribution is 7.97. The van der Waals surface area contributed by atoms with Gasteiger partial charge in [0, 0.05) is 12.9 Å². The summed E-state index contributed by atoms with van der Waals surface area (Å²) in [6, 6.07) is 0. The highest BCUT2D eigenvalue weighted by Gasteiger charge is 2.15.